The van der Waals surface area contributed by atoms with E-state index < -0.39 is 24.3 Å². The molecular weight excluding hydrogens is 310 g/mol. The largest absolute Gasteiger partial charge is 0.475 e. The Morgan fingerprint density at radius 3 is 2.72 bits per heavy atom. The predicted molar refractivity (Wildman–Crippen MR) is 64.3 cm³/mol. The van der Waals surface area contributed by atoms with E-state index in [0.717, 1.165) is 5.56 Å². The lowest BCUT2D eigenvalue weighted by atomic mass is 9.97. The molecule has 1 aromatic rings. The normalized spacial score (nSPS) is 18.1. The molecule has 0 saturated heterocycles. The Hall–Kier alpha value is -1.43. The van der Waals surface area contributed by atoms with Crippen LogP contribution in [0.15, 0.2) is 22.4 Å². The highest BCUT2D eigenvalue weighted by molar-refractivity contribution is 9.10. The van der Waals surface area contributed by atoms with Gasteiger partial charge in [-0.05, 0) is 30.2 Å². The molecule has 1 aliphatic rings. The van der Waals surface area contributed by atoms with Crippen LogP contribution in [0.3, 0.4) is 0 Å². The van der Waals surface area contributed by atoms with Crippen molar-refractivity contribution in [1.82, 2.24) is 0 Å². The molecule has 1 aliphatic heterocycles. The molecule has 18 heavy (non-hydrogen) atoms. The zero-order valence-corrected chi connectivity index (χ0v) is 10.9. The number of carboxylic acid groups (broad SMARTS) is 1. The number of halogens is 3. The lowest BCUT2D eigenvalue weighted by Crippen LogP contribution is -2.21. The SMILES string of the molecule is Cc1cc(Br)c2c(c1)C=C(C(=O)O)OC2C(F)F. The molecule has 1 unspecified atom stereocenters. The molecule has 6 heteroatoms. The van der Waals surface area contributed by atoms with Crippen molar-refractivity contribution in [3.63, 3.8) is 0 Å². The molecule has 0 aliphatic carbocycles. The number of alkyl halides is 2. The number of hydrogen-bond donors (Lipinski definition) is 1. The summed E-state index contributed by atoms with van der Waals surface area (Å²) in [6, 6.07) is 3.35. The van der Waals surface area contributed by atoms with Crippen LogP contribution >= 0.6 is 15.9 Å². The van der Waals surface area contributed by atoms with Crippen LogP contribution in [0.25, 0.3) is 6.08 Å². The van der Waals surface area contributed by atoms with Gasteiger partial charge in [0.25, 0.3) is 6.43 Å². The Kier molecular flexibility index (Phi) is 3.38. The first-order valence-electron chi connectivity index (χ1n) is 5.10. The number of carbonyl (C=O) groups is 1. The molecule has 1 N–H and O–H groups in total. The first-order chi connectivity index (χ1) is 8.40. The van der Waals surface area contributed by atoms with Gasteiger partial charge < -0.3 is 9.84 Å². The predicted octanol–water partition coefficient (Wildman–Crippen LogP) is 3.52. The third kappa shape index (κ3) is 2.25. The first-order valence-corrected chi connectivity index (χ1v) is 5.89. The Morgan fingerprint density at radius 2 is 2.17 bits per heavy atom. The summed E-state index contributed by atoms with van der Waals surface area (Å²) in [5.41, 5.74) is 1.56. The molecule has 3 nitrogen and oxygen atoms in total. The van der Waals surface area contributed by atoms with Crippen LogP contribution < -0.4 is 0 Å². The van der Waals surface area contributed by atoms with Crippen molar-refractivity contribution in [2.24, 2.45) is 0 Å². The average molecular weight is 319 g/mol. The fourth-order valence-electron chi connectivity index (χ4n) is 1.86. The zero-order valence-electron chi connectivity index (χ0n) is 9.28. The summed E-state index contributed by atoms with van der Waals surface area (Å²) >= 11 is 3.21. The lowest BCUT2D eigenvalue weighted by Gasteiger charge is -2.26. The van der Waals surface area contributed by atoms with Crippen LogP contribution in [0.1, 0.15) is 22.8 Å². The van der Waals surface area contributed by atoms with Gasteiger partial charge >= 0.3 is 5.97 Å². The number of benzene rings is 1. The van der Waals surface area contributed by atoms with Gasteiger partial charge in [0.05, 0.1) is 0 Å². The smallest absolute Gasteiger partial charge is 0.371 e. The van der Waals surface area contributed by atoms with Crippen molar-refractivity contribution >= 4 is 28.0 Å². The molecule has 0 aromatic heterocycles. The zero-order chi connectivity index (χ0) is 13.4. The molecule has 1 heterocycles. The Labute approximate surface area is 110 Å². The van der Waals surface area contributed by atoms with E-state index >= 15 is 0 Å². The van der Waals surface area contributed by atoms with Crippen LogP contribution in [0, 0.1) is 6.92 Å². The molecule has 2 rings (SSSR count). The molecule has 0 spiro atoms. The minimum absolute atomic E-state index is 0.278. The van der Waals surface area contributed by atoms with Crippen LogP contribution in [-0.2, 0) is 9.53 Å². The topological polar surface area (TPSA) is 46.5 Å². The fraction of sp³-hybridized carbons (Fsp3) is 0.250. The van der Waals surface area contributed by atoms with Gasteiger partial charge in [0.1, 0.15) is 0 Å². The van der Waals surface area contributed by atoms with E-state index in [4.69, 9.17) is 9.84 Å². The highest BCUT2D eigenvalue weighted by atomic mass is 79.9. The van der Waals surface area contributed by atoms with Crippen LogP contribution in [0.2, 0.25) is 0 Å². The molecule has 0 bridgehead atoms. The van der Waals surface area contributed by atoms with Crippen LogP contribution in [0.4, 0.5) is 8.78 Å². The maximum atomic E-state index is 13.0. The van der Waals surface area contributed by atoms with Gasteiger partial charge in [-0.3, -0.25) is 0 Å². The van der Waals surface area contributed by atoms with E-state index in [1.54, 1.807) is 19.1 Å². The van der Waals surface area contributed by atoms with Crippen molar-refractivity contribution in [2.45, 2.75) is 19.5 Å². The fourth-order valence-corrected chi connectivity index (χ4v) is 2.68. The summed E-state index contributed by atoms with van der Waals surface area (Å²) in [5.74, 6) is -1.82. The van der Waals surface area contributed by atoms with E-state index in [0.29, 0.717) is 10.0 Å². The summed E-state index contributed by atoms with van der Waals surface area (Å²) in [6.45, 7) is 1.80. The monoisotopic (exact) mass is 318 g/mol. The quantitative estimate of drug-likeness (QED) is 0.907. The van der Waals surface area contributed by atoms with Crippen LogP contribution in [-0.4, -0.2) is 17.5 Å². The maximum Gasteiger partial charge on any atom is 0.371 e. The number of aliphatic carboxylic acids is 1. The number of fused-ring (bicyclic) bond motifs is 1. The molecule has 0 amide bonds. The number of ether oxygens (including phenoxy) is 1. The summed E-state index contributed by atoms with van der Waals surface area (Å²) in [5, 5.41) is 8.85. The van der Waals surface area contributed by atoms with Gasteiger partial charge in [0.15, 0.2) is 6.10 Å². The van der Waals surface area contributed by atoms with Crippen molar-refractivity contribution in [3.8, 4) is 0 Å². The van der Waals surface area contributed by atoms with E-state index in [1.807, 2.05) is 0 Å². The maximum absolute atomic E-state index is 13.0. The van der Waals surface area contributed by atoms with Gasteiger partial charge in [-0.2, -0.15) is 0 Å². The number of rotatable bonds is 2. The Balaban J connectivity index is 2.63. The highest BCUT2D eigenvalue weighted by Crippen LogP contribution is 2.40. The van der Waals surface area contributed by atoms with Gasteiger partial charge in [-0.1, -0.05) is 22.0 Å². The van der Waals surface area contributed by atoms with Crippen molar-refractivity contribution in [1.29, 1.82) is 0 Å². The number of carboxylic acids is 1. The van der Waals surface area contributed by atoms with Gasteiger partial charge in [0.2, 0.25) is 5.76 Å². The molecule has 0 saturated carbocycles. The van der Waals surface area contributed by atoms with E-state index in [9.17, 15) is 13.6 Å². The second kappa shape index (κ2) is 4.68. The van der Waals surface area contributed by atoms with Crippen molar-refractivity contribution in [2.75, 3.05) is 0 Å². The highest BCUT2D eigenvalue weighted by Gasteiger charge is 2.34. The first kappa shape index (κ1) is 13.0. The van der Waals surface area contributed by atoms with E-state index in [-0.39, 0.29) is 5.56 Å². The van der Waals surface area contributed by atoms with Crippen molar-refractivity contribution in [3.05, 3.63) is 39.1 Å². The summed E-state index contributed by atoms with van der Waals surface area (Å²) in [6.07, 6.45) is -3.11. The second-order valence-electron chi connectivity index (χ2n) is 3.94. The van der Waals surface area contributed by atoms with Gasteiger partial charge in [-0.25, -0.2) is 13.6 Å². The molecule has 1 aromatic carbocycles. The number of hydrogen-bond acceptors (Lipinski definition) is 2. The van der Waals surface area contributed by atoms with Gasteiger partial charge in [0, 0.05) is 10.0 Å². The minimum atomic E-state index is -2.80. The number of aryl methyl sites for hydroxylation is 1. The van der Waals surface area contributed by atoms with Gasteiger partial charge in [-0.15, -0.1) is 0 Å². The molecular formula is C12H9BrF2O3. The molecule has 96 valence electrons. The van der Waals surface area contributed by atoms with E-state index in [1.165, 1.54) is 6.08 Å². The summed E-state index contributed by atoms with van der Waals surface area (Å²) < 4.78 is 31.2. The van der Waals surface area contributed by atoms with Crippen LogP contribution in [0.5, 0.6) is 0 Å². The lowest BCUT2D eigenvalue weighted by molar-refractivity contribution is -0.139. The average Bonchev–Trinajstić information content (AvgIpc) is 2.26. The Morgan fingerprint density at radius 1 is 1.50 bits per heavy atom. The molecule has 0 fully saturated rings. The van der Waals surface area contributed by atoms with Crippen molar-refractivity contribution < 1.29 is 23.4 Å². The van der Waals surface area contributed by atoms with E-state index in [2.05, 4.69) is 15.9 Å². The third-order valence-electron chi connectivity index (χ3n) is 2.57. The summed E-state index contributed by atoms with van der Waals surface area (Å²) in [4.78, 5) is 10.9. The molecule has 0 radical (unpaired) electrons. The molecule has 1 atom stereocenters. The third-order valence-corrected chi connectivity index (χ3v) is 3.23. The Bertz CT molecular complexity index is 540. The standard InChI is InChI=1S/C12H9BrF2O3/c1-5-2-6-4-8(12(16)17)18-10(11(14)15)9(6)7(13)3-5/h2-4,10-11H,1H3,(H,16,17). The minimum Gasteiger partial charge on any atom is -0.475 e. The second-order valence-corrected chi connectivity index (χ2v) is 4.79. The summed E-state index contributed by atoms with van der Waals surface area (Å²) in [7, 11) is 0.